The van der Waals surface area contributed by atoms with E-state index in [0.29, 0.717) is 5.58 Å². The van der Waals surface area contributed by atoms with Crippen molar-refractivity contribution in [2.75, 3.05) is 31.1 Å². The lowest BCUT2D eigenvalue weighted by Gasteiger charge is -2.29. The molecule has 96 valence electrons. The van der Waals surface area contributed by atoms with E-state index in [2.05, 4.69) is 10.2 Å². The van der Waals surface area contributed by atoms with Gasteiger partial charge in [-0.15, -0.1) is 12.4 Å². The number of hydrogen-bond acceptors (Lipinski definition) is 4. The van der Waals surface area contributed by atoms with Gasteiger partial charge in [-0.25, -0.2) is 4.79 Å². The summed E-state index contributed by atoms with van der Waals surface area (Å²) in [5.74, 6) is 0. The summed E-state index contributed by atoms with van der Waals surface area (Å²) >= 11 is 0. The van der Waals surface area contributed by atoms with E-state index in [4.69, 9.17) is 4.42 Å². The number of hydrogen-bond donors (Lipinski definition) is 1. The predicted molar refractivity (Wildman–Crippen MR) is 74.8 cm³/mol. The Kier molecular flexibility index (Phi) is 3.89. The quantitative estimate of drug-likeness (QED) is 0.797. The topological polar surface area (TPSA) is 45.5 Å². The highest BCUT2D eigenvalue weighted by molar-refractivity contribution is 5.88. The Balaban J connectivity index is 0.00000120. The number of nitrogens with one attached hydrogen (secondary N) is 1. The van der Waals surface area contributed by atoms with Crippen LogP contribution in [0.1, 0.15) is 0 Å². The molecule has 5 heteroatoms. The number of benzene rings is 1. The minimum absolute atomic E-state index is 0. The van der Waals surface area contributed by atoms with Gasteiger partial charge in [0.25, 0.3) is 0 Å². The molecule has 4 nitrogen and oxygen atoms in total. The van der Waals surface area contributed by atoms with Crippen LogP contribution in [0.25, 0.3) is 11.0 Å². The maximum absolute atomic E-state index is 11.3. The molecule has 1 aliphatic rings. The highest BCUT2D eigenvalue weighted by atomic mass is 35.5. The SMILES string of the molecule is Cl.O=c1ccc2cccc(N3CCNCC3)c2o1. The molecule has 1 aromatic heterocycles. The van der Waals surface area contributed by atoms with E-state index in [1.165, 1.54) is 6.07 Å². The summed E-state index contributed by atoms with van der Waals surface area (Å²) in [4.78, 5) is 13.6. The standard InChI is InChI=1S/C13H14N2O2.ClH/c16-12-5-4-10-2-1-3-11(13(10)17-12)15-8-6-14-7-9-15;/h1-5,14H,6-9H2;1H. The minimum Gasteiger partial charge on any atom is -0.420 e. The highest BCUT2D eigenvalue weighted by Crippen LogP contribution is 2.25. The molecule has 1 aliphatic heterocycles. The first kappa shape index (κ1) is 12.9. The molecule has 0 radical (unpaired) electrons. The van der Waals surface area contributed by atoms with Gasteiger partial charge in [-0.3, -0.25) is 0 Å². The van der Waals surface area contributed by atoms with Crippen LogP contribution in [0.15, 0.2) is 39.5 Å². The summed E-state index contributed by atoms with van der Waals surface area (Å²) in [5, 5.41) is 4.28. The average Bonchev–Trinajstić information content (AvgIpc) is 2.39. The van der Waals surface area contributed by atoms with Gasteiger partial charge in [0.15, 0.2) is 5.58 Å². The van der Waals surface area contributed by atoms with E-state index < -0.39 is 0 Å². The molecule has 0 amide bonds. The van der Waals surface area contributed by atoms with Crippen molar-refractivity contribution in [3.63, 3.8) is 0 Å². The van der Waals surface area contributed by atoms with Crippen LogP contribution in [0.2, 0.25) is 0 Å². The van der Waals surface area contributed by atoms with Crippen LogP contribution in [-0.4, -0.2) is 26.2 Å². The molecular formula is C13H15ClN2O2. The fourth-order valence-corrected chi connectivity index (χ4v) is 2.23. The number of piperazine rings is 1. The van der Waals surface area contributed by atoms with Crippen molar-refractivity contribution in [3.05, 3.63) is 40.8 Å². The lowest BCUT2D eigenvalue weighted by molar-refractivity contribution is 0.551. The van der Waals surface area contributed by atoms with Gasteiger partial charge in [-0.2, -0.15) is 0 Å². The van der Waals surface area contributed by atoms with Crippen LogP contribution in [0.3, 0.4) is 0 Å². The van der Waals surface area contributed by atoms with Crippen molar-refractivity contribution in [3.8, 4) is 0 Å². The van der Waals surface area contributed by atoms with Gasteiger partial charge in [0.05, 0.1) is 5.69 Å². The normalized spacial score (nSPS) is 15.4. The zero-order valence-electron chi connectivity index (χ0n) is 9.89. The van der Waals surface area contributed by atoms with Crippen molar-refractivity contribution in [2.24, 2.45) is 0 Å². The molecule has 3 rings (SSSR count). The van der Waals surface area contributed by atoms with Crippen molar-refractivity contribution < 1.29 is 4.42 Å². The van der Waals surface area contributed by atoms with E-state index in [0.717, 1.165) is 37.3 Å². The third kappa shape index (κ3) is 2.35. The van der Waals surface area contributed by atoms with Crippen LogP contribution in [0.5, 0.6) is 0 Å². The molecule has 1 fully saturated rings. The molecule has 2 aromatic rings. The molecule has 1 saturated heterocycles. The van der Waals surface area contributed by atoms with Crippen molar-refractivity contribution >= 4 is 29.1 Å². The predicted octanol–water partition coefficient (Wildman–Crippen LogP) is 1.62. The summed E-state index contributed by atoms with van der Waals surface area (Å²) < 4.78 is 5.33. The Labute approximate surface area is 111 Å². The Morgan fingerprint density at radius 2 is 1.89 bits per heavy atom. The Morgan fingerprint density at radius 3 is 2.67 bits per heavy atom. The van der Waals surface area contributed by atoms with Gasteiger partial charge in [0, 0.05) is 37.6 Å². The zero-order chi connectivity index (χ0) is 11.7. The van der Waals surface area contributed by atoms with E-state index in [9.17, 15) is 4.79 Å². The molecule has 2 heterocycles. The molecule has 0 saturated carbocycles. The second kappa shape index (κ2) is 5.42. The number of halogens is 1. The molecule has 0 spiro atoms. The molecule has 0 unspecified atom stereocenters. The van der Waals surface area contributed by atoms with Crippen LogP contribution in [0, 0.1) is 0 Å². The van der Waals surface area contributed by atoms with Gasteiger partial charge in [-0.05, 0) is 12.1 Å². The smallest absolute Gasteiger partial charge is 0.336 e. The van der Waals surface area contributed by atoms with Crippen LogP contribution >= 0.6 is 12.4 Å². The highest BCUT2D eigenvalue weighted by Gasteiger charge is 2.14. The first-order valence-electron chi connectivity index (χ1n) is 5.83. The Morgan fingerprint density at radius 1 is 1.11 bits per heavy atom. The van der Waals surface area contributed by atoms with Crippen molar-refractivity contribution in [1.29, 1.82) is 0 Å². The monoisotopic (exact) mass is 266 g/mol. The summed E-state index contributed by atoms with van der Waals surface area (Å²) in [7, 11) is 0. The molecule has 18 heavy (non-hydrogen) atoms. The van der Waals surface area contributed by atoms with Gasteiger partial charge in [0.2, 0.25) is 0 Å². The minimum atomic E-state index is -0.292. The number of anilines is 1. The zero-order valence-corrected chi connectivity index (χ0v) is 10.7. The van der Waals surface area contributed by atoms with Gasteiger partial charge >= 0.3 is 5.63 Å². The molecule has 0 bridgehead atoms. The second-order valence-electron chi connectivity index (χ2n) is 4.19. The lowest BCUT2D eigenvalue weighted by Crippen LogP contribution is -2.43. The molecule has 1 N–H and O–H groups in total. The summed E-state index contributed by atoms with van der Waals surface area (Å²) in [6.07, 6.45) is 0. The fourth-order valence-electron chi connectivity index (χ4n) is 2.23. The van der Waals surface area contributed by atoms with Gasteiger partial charge < -0.3 is 14.6 Å². The number of para-hydroxylation sites is 1. The third-order valence-corrected chi connectivity index (χ3v) is 3.08. The largest absolute Gasteiger partial charge is 0.420 e. The van der Waals surface area contributed by atoms with Crippen molar-refractivity contribution in [1.82, 2.24) is 5.32 Å². The maximum atomic E-state index is 11.3. The van der Waals surface area contributed by atoms with Crippen molar-refractivity contribution in [2.45, 2.75) is 0 Å². The maximum Gasteiger partial charge on any atom is 0.336 e. The first-order chi connectivity index (χ1) is 8.34. The number of rotatable bonds is 1. The Hall–Kier alpha value is -1.52. The number of nitrogens with zero attached hydrogens (tertiary/aromatic N) is 1. The molecule has 0 atom stereocenters. The van der Waals surface area contributed by atoms with E-state index in [-0.39, 0.29) is 18.0 Å². The average molecular weight is 267 g/mol. The molecule has 0 aliphatic carbocycles. The molecular weight excluding hydrogens is 252 g/mol. The third-order valence-electron chi connectivity index (χ3n) is 3.08. The van der Waals surface area contributed by atoms with Gasteiger partial charge in [0.1, 0.15) is 0 Å². The fraction of sp³-hybridized carbons (Fsp3) is 0.308. The molecule has 1 aromatic carbocycles. The lowest BCUT2D eigenvalue weighted by atomic mass is 10.2. The summed E-state index contributed by atoms with van der Waals surface area (Å²) in [6.45, 7) is 3.82. The van der Waals surface area contributed by atoms with E-state index >= 15 is 0 Å². The van der Waals surface area contributed by atoms with Crippen LogP contribution in [-0.2, 0) is 0 Å². The number of fused-ring (bicyclic) bond motifs is 1. The Bertz CT molecular complexity index is 591. The van der Waals surface area contributed by atoms with Gasteiger partial charge in [-0.1, -0.05) is 12.1 Å². The first-order valence-corrected chi connectivity index (χ1v) is 5.83. The van der Waals surface area contributed by atoms with Crippen LogP contribution < -0.4 is 15.8 Å². The van der Waals surface area contributed by atoms with E-state index in [1.54, 1.807) is 0 Å². The second-order valence-corrected chi connectivity index (χ2v) is 4.19. The summed E-state index contributed by atoms with van der Waals surface area (Å²) in [6, 6.07) is 9.25. The van der Waals surface area contributed by atoms with Crippen LogP contribution in [0.4, 0.5) is 5.69 Å². The summed E-state index contributed by atoms with van der Waals surface area (Å²) in [5.41, 5.74) is 1.42. The van der Waals surface area contributed by atoms with E-state index in [1.807, 2.05) is 24.3 Å².